The lowest BCUT2D eigenvalue weighted by Gasteiger charge is -2.08. The fourth-order valence-corrected chi connectivity index (χ4v) is 2.52. The second-order valence-corrected chi connectivity index (χ2v) is 5.94. The smallest absolute Gasteiger partial charge is 0.343 e. The molecule has 1 amide bonds. The van der Waals surface area contributed by atoms with Crippen molar-refractivity contribution in [2.75, 3.05) is 17.7 Å². The molecule has 138 valence electrons. The number of ether oxygens (including phenoxy) is 1. The van der Waals surface area contributed by atoms with Crippen LogP contribution in [0.5, 0.6) is 0 Å². The number of carbonyl (C=O) groups is 2. The number of amides is 1. The molecule has 0 saturated carbocycles. The van der Waals surface area contributed by atoms with Crippen LogP contribution in [0.15, 0.2) is 54.7 Å². The molecular formula is C20H20N4O3. The van der Waals surface area contributed by atoms with Crippen LogP contribution in [-0.2, 0) is 4.74 Å². The van der Waals surface area contributed by atoms with Gasteiger partial charge in [-0.05, 0) is 50.2 Å². The number of hydrogen-bond acceptors (Lipinski definition) is 5. The molecule has 0 aliphatic rings. The molecule has 2 aromatic carbocycles. The van der Waals surface area contributed by atoms with Gasteiger partial charge in [-0.1, -0.05) is 17.7 Å². The van der Waals surface area contributed by atoms with E-state index in [-0.39, 0.29) is 23.9 Å². The zero-order valence-electron chi connectivity index (χ0n) is 15.1. The van der Waals surface area contributed by atoms with Crippen molar-refractivity contribution in [1.82, 2.24) is 9.78 Å². The molecule has 0 aliphatic heterocycles. The van der Waals surface area contributed by atoms with Crippen LogP contribution in [0.2, 0.25) is 0 Å². The van der Waals surface area contributed by atoms with Gasteiger partial charge in [-0.2, -0.15) is 5.10 Å². The molecule has 27 heavy (non-hydrogen) atoms. The van der Waals surface area contributed by atoms with Crippen molar-refractivity contribution in [1.29, 1.82) is 0 Å². The molecule has 3 N–H and O–H groups in total. The average Bonchev–Trinajstić information content (AvgIpc) is 3.05. The second-order valence-electron chi connectivity index (χ2n) is 5.94. The lowest BCUT2D eigenvalue weighted by atomic mass is 10.1. The number of aromatic nitrogens is 2. The summed E-state index contributed by atoms with van der Waals surface area (Å²) in [4.78, 5) is 24.2. The summed E-state index contributed by atoms with van der Waals surface area (Å²) in [6, 6.07) is 14.3. The van der Waals surface area contributed by atoms with Crippen LogP contribution in [0.3, 0.4) is 0 Å². The zero-order chi connectivity index (χ0) is 19.4. The molecule has 0 bridgehead atoms. The summed E-state index contributed by atoms with van der Waals surface area (Å²) in [6.45, 7) is 3.96. The van der Waals surface area contributed by atoms with Crippen molar-refractivity contribution in [2.45, 2.75) is 13.8 Å². The third kappa shape index (κ3) is 3.98. The minimum atomic E-state index is -0.518. The molecule has 0 atom stereocenters. The molecule has 1 aromatic heterocycles. The molecule has 0 saturated heterocycles. The van der Waals surface area contributed by atoms with Gasteiger partial charge in [0, 0.05) is 11.3 Å². The van der Waals surface area contributed by atoms with Crippen molar-refractivity contribution >= 4 is 23.4 Å². The van der Waals surface area contributed by atoms with Gasteiger partial charge >= 0.3 is 5.97 Å². The predicted molar refractivity (Wildman–Crippen MR) is 103 cm³/mol. The minimum absolute atomic E-state index is 0.185. The van der Waals surface area contributed by atoms with Crippen LogP contribution in [0.4, 0.5) is 11.5 Å². The first-order valence-electron chi connectivity index (χ1n) is 8.48. The van der Waals surface area contributed by atoms with Crippen LogP contribution >= 0.6 is 0 Å². The van der Waals surface area contributed by atoms with Crippen molar-refractivity contribution < 1.29 is 14.3 Å². The highest BCUT2D eigenvalue weighted by Gasteiger charge is 2.17. The SMILES string of the molecule is CCOC(=O)c1cnn(-c2ccc(C(=O)Nc3ccc(C)cc3)cc2)c1N. The minimum Gasteiger partial charge on any atom is -0.462 e. The van der Waals surface area contributed by atoms with E-state index in [1.807, 2.05) is 31.2 Å². The largest absolute Gasteiger partial charge is 0.462 e. The molecule has 1 heterocycles. The van der Waals surface area contributed by atoms with Crippen LogP contribution in [0.25, 0.3) is 5.69 Å². The monoisotopic (exact) mass is 364 g/mol. The Morgan fingerprint density at radius 3 is 2.41 bits per heavy atom. The van der Waals surface area contributed by atoms with E-state index in [2.05, 4.69) is 10.4 Å². The number of anilines is 2. The first kappa shape index (κ1) is 18.2. The molecule has 7 nitrogen and oxygen atoms in total. The Morgan fingerprint density at radius 2 is 1.78 bits per heavy atom. The van der Waals surface area contributed by atoms with E-state index in [4.69, 9.17) is 10.5 Å². The van der Waals surface area contributed by atoms with Gasteiger partial charge in [-0.3, -0.25) is 4.79 Å². The highest BCUT2D eigenvalue weighted by molar-refractivity contribution is 6.04. The summed E-state index contributed by atoms with van der Waals surface area (Å²) in [5, 5.41) is 6.97. The van der Waals surface area contributed by atoms with E-state index >= 15 is 0 Å². The number of aryl methyl sites for hydroxylation is 1. The number of carbonyl (C=O) groups excluding carboxylic acids is 2. The van der Waals surface area contributed by atoms with Crippen LogP contribution < -0.4 is 11.1 Å². The first-order chi connectivity index (χ1) is 13.0. The Hall–Kier alpha value is -3.61. The van der Waals surface area contributed by atoms with Crippen LogP contribution in [0, 0.1) is 6.92 Å². The number of nitrogens with zero attached hydrogens (tertiary/aromatic N) is 2. The van der Waals surface area contributed by atoms with Crippen molar-refractivity contribution in [3.8, 4) is 5.69 Å². The highest BCUT2D eigenvalue weighted by atomic mass is 16.5. The topological polar surface area (TPSA) is 99.2 Å². The molecule has 0 radical (unpaired) electrons. The van der Waals surface area contributed by atoms with E-state index < -0.39 is 5.97 Å². The van der Waals surface area contributed by atoms with Gasteiger partial charge in [0.1, 0.15) is 11.4 Å². The summed E-state index contributed by atoms with van der Waals surface area (Å²) < 4.78 is 6.37. The number of nitrogens with two attached hydrogens (primary N) is 1. The van der Waals surface area contributed by atoms with Crippen LogP contribution in [0.1, 0.15) is 33.2 Å². The van der Waals surface area contributed by atoms with E-state index in [1.54, 1.807) is 31.2 Å². The standard InChI is InChI=1S/C20H20N4O3/c1-3-27-20(26)17-12-22-24(18(17)21)16-10-6-14(7-11-16)19(25)23-15-8-4-13(2)5-9-15/h4-12H,3,21H2,1-2H3,(H,23,25). The van der Waals surface area contributed by atoms with Gasteiger partial charge < -0.3 is 15.8 Å². The van der Waals surface area contributed by atoms with Crippen molar-refractivity contribution in [3.05, 3.63) is 71.4 Å². The number of nitrogens with one attached hydrogen (secondary N) is 1. The summed E-state index contributed by atoms with van der Waals surface area (Å²) in [5.74, 6) is -0.549. The first-order valence-corrected chi connectivity index (χ1v) is 8.48. The fourth-order valence-electron chi connectivity index (χ4n) is 2.52. The molecule has 0 fully saturated rings. The molecule has 3 rings (SSSR count). The van der Waals surface area contributed by atoms with Gasteiger partial charge in [0.05, 0.1) is 18.5 Å². The molecular weight excluding hydrogens is 344 g/mol. The van der Waals surface area contributed by atoms with Gasteiger partial charge in [0.25, 0.3) is 5.91 Å². The molecule has 0 aliphatic carbocycles. The quantitative estimate of drug-likeness (QED) is 0.677. The number of esters is 1. The number of rotatable bonds is 5. The third-order valence-electron chi connectivity index (χ3n) is 3.99. The fraction of sp³-hybridized carbons (Fsp3) is 0.150. The van der Waals surface area contributed by atoms with Gasteiger partial charge in [0.2, 0.25) is 0 Å². The molecule has 0 spiro atoms. The Kier molecular flexibility index (Phi) is 5.21. The average molecular weight is 364 g/mol. The van der Waals surface area contributed by atoms with E-state index in [0.717, 1.165) is 11.3 Å². The third-order valence-corrected chi connectivity index (χ3v) is 3.99. The molecule has 7 heteroatoms. The van der Waals surface area contributed by atoms with Crippen LogP contribution in [-0.4, -0.2) is 28.3 Å². The number of hydrogen-bond donors (Lipinski definition) is 2. The highest BCUT2D eigenvalue weighted by Crippen LogP contribution is 2.19. The van der Waals surface area contributed by atoms with Crippen molar-refractivity contribution in [3.63, 3.8) is 0 Å². The Balaban J connectivity index is 1.76. The predicted octanol–water partition coefficient (Wildman–Crippen LogP) is 3.19. The van der Waals surface area contributed by atoms with Crippen molar-refractivity contribution in [2.24, 2.45) is 0 Å². The Bertz CT molecular complexity index is 960. The van der Waals surface area contributed by atoms with E-state index in [0.29, 0.717) is 11.3 Å². The maximum atomic E-state index is 12.4. The zero-order valence-corrected chi connectivity index (χ0v) is 15.1. The maximum Gasteiger partial charge on any atom is 0.343 e. The number of nitrogen functional groups attached to an aromatic ring is 1. The van der Waals surface area contributed by atoms with Gasteiger partial charge in [0.15, 0.2) is 0 Å². The number of benzene rings is 2. The lowest BCUT2D eigenvalue weighted by Crippen LogP contribution is -2.12. The summed E-state index contributed by atoms with van der Waals surface area (Å²) in [6.07, 6.45) is 1.37. The summed E-state index contributed by atoms with van der Waals surface area (Å²) in [5.41, 5.74) is 9.18. The maximum absolute atomic E-state index is 12.4. The van der Waals surface area contributed by atoms with Gasteiger partial charge in [-0.15, -0.1) is 0 Å². The van der Waals surface area contributed by atoms with Gasteiger partial charge in [-0.25, -0.2) is 9.48 Å². The second kappa shape index (κ2) is 7.74. The Labute approximate surface area is 156 Å². The molecule has 0 unspecified atom stereocenters. The summed E-state index contributed by atoms with van der Waals surface area (Å²) in [7, 11) is 0. The Morgan fingerprint density at radius 1 is 1.11 bits per heavy atom. The normalized spacial score (nSPS) is 10.4. The summed E-state index contributed by atoms with van der Waals surface area (Å²) >= 11 is 0. The van der Waals surface area contributed by atoms with E-state index in [9.17, 15) is 9.59 Å². The van der Waals surface area contributed by atoms with E-state index in [1.165, 1.54) is 10.9 Å². The lowest BCUT2D eigenvalue weighted by molar-refractivity contribution is 0.0527. The molecule has 3 aromatic rings.